The number of carbonyl (C=O) groups is 2. The normalized spacial score (nSPS) is 10.9. The van der Waals surface area contributed by atoms with Crippen molar-refractivity contribution in [2.24, 2.45) is 0 Å². The smallest absolute Gasteiger partial charge is 0.416 e. The minimum Gasteiger partial charge on any atom is -0.484 e. The molecule has 0 saturated carbocycles. The van der Waals surface area contributed by atoms with Crippen LogP contribution >= 0.6 is 0 Å². The van der Waals surface area contributed by atoms with Crippen LogP contribution in [0.25, 0.3) is 0 Å². The minimum absolute atomic E-state index is 0.0232. The monoisotopic (exact) mass is 323 g/mol. The van der Waals surface area contributed by atoms with Crippen LogP contribution in [0.3, 0.4) is 0 Å². The average Bonchev–Trinajstić information content (AvgIpc) is 2.52. The predicted molar refractivity (Wildman–Crippen MR) is 77.4 cm³/mol. The zero-order chi connectivity index (χ0) is 16.9. The molecule has 2 aromatic carbocycles. The molecule has 0 saturated heterocycles. The SMILES string of the molecule is O=Cc1cccc(OCC(=O)Nc2cccc(C(F)(F)F)c2)c1. The van der Waals surface area contributed by atoms with Crippen molar-refractivity contribution in [3.8, 4) is 5.75 Å². The molecule has 0 aliphatic heterocycles. The molecule has 1 N–H and O–H groups in total. The molecule has 7 heteroatoms. The van der Waals surface area contributed by atoms with Crippen LogP contribution in [0.5, 0.6) is 5.75 Å². The van der Waals surface area contributed by atoms with Gasteiger partial charge in [0, 0.05) is 11.3 Å². The lowest BCUT2D eigenvalue weighted by molar-refractivity contribution is -0.137. The zero-order valence-electron chi connectivity index (χ0n) is 11.8. The van der Waals surface area contributed by atoms with Crippen LogP contribution in [-0.2, 0) is 11.0 Å². The lowest BCUT2D eigenvalue weighted by Gasteiger charge is -2.10. The lowest BCUT2D eigenvalue weighted by Crippen LogP contribution is -2.20. The van der Waals surface area contributed by atoms with Crippen LogP contribution in [0.15, 0.2) is 48.5 Å². The highest BCUT2D eigenvalue weighted by molar-refractivity contribution is 5.92. The van der Waals surface area contributed by atoms with E-state index in [0.717, 1.165) is 12.1 Å². The molecule has 0 aliphatic rings. The predicted octanol–water partition coefficient (Wildman–Crippen LogP) is 3.54. The molecule has 4 nitrogen and oxygen atoms in total. The first kappa shape index (κ1) is 16.5. The molecule has 0 spiro atoms. The van der Waals surface area contributed by atoms with Gasteiger partial charge < -0.3 is 10.1 Å². The summed E-state index contributed by atoms with van der Waals surface area (Å²) in [5.74, 6) is -0.297. The van der Waals surface area contributed by atoms with E-state index < -0.39 is 24.3 Å². The van der Waals surface area contributed by atoms with Crippen molar-refractivity contribution in [3.63, 3.8) is 0 Å². The summed E-state index contributed by atoms with van der Waals surface area (Å²) in [5.41, 5.74) is -0.439. The van der Waals surface area contributed by atoms with Gasteiger partial charge in [-0.05, 0) is 30.3 Å². The Kier molecular flexibility index (Phi) is 5.00. The summed E-state index contributed by atoms with van der Waals surface area (Å²) in [6, 6.07) is 10.5. The van der Waals surface area contributed by atoms with Crippen molar-refractivity contribution in [1.82, 2.24) is 0 Å². The Balaban J connectivity index is 1.96. The number of halogens is 3. The summed E-state index contributed by atoms with van der Waals surface area (Å²) in [4.78, 5) is 22.3. The number of carbonyl (C=O) groups excluding carboxylic acids is 2. The van der Waals surface area contributed by atoms with Crippen molar-refractivity contribution in [3.05, 3.63) is 59.7 Å². The van der Waals surface area contributed by atoms with Crippen molar-refractivity contribution < 1.29 is 27.5 Å². The van der Waals surface area contributed by atoms with Crippen molar-refractivity contribution >= 4 is 17.9 Å². The molecule has 0 radical (unpaired) electrons. The number of benzene rings is 2. The van der Waals surface area contributed by atoms with Gasteiger partial charge in [-0.3, -0.25) is 9.59 Å². The van der Waals surface area contributed by atoms with Crippen LogP contribution < -0.4 is 10.1 Å². The fraction of sp³-hybridized carbons (Fsp3) is 0.125. The van der Waals surface area contributed by atoms with Crippen LogP contribution in [0, 0.1) is 0 Å². The fourth-order valence-corrected chi connectivity index (χ4v) is 1.80. The number of amides is 1. The number of nitrogens with one attached hydrogen (secondary N) is 1. The molecule has 0 bridgehead atoms. The standard InChI is InChI=1S/C16H12F3NO3/c17-16(18,19)12-4-2-5-13(8-12)20-15(22)10-23-14-6-1-3-11(7-14)9-21/h1-9H,10H2,(H,20,22). The van der Waals surface area contributed by atoms with Crippen molar-refractivity contribution in [1.29, 1.82) is 0 Å². The zero-order valence-corrected chi connectivity index (χ0v) is 11.8. The van der Waals surface area contributed by atoms with Crippen molar-refractivity contribution in [2.45, 2.75) is 6.18 Å². The number of rotatable bonds is 5. The van der Waals surface area contributed by atoms with Crippen LogP contribution in [0.4, 0.5) is 18.9 Å². The maximum absolute atomic E-state index is 12.6. The van der Waals surface area contributed by atoms with E-state index in [0.29, 0.717) is 17.6 Å². The minimum atomic E-state index is -4.48. The second-order valence-corrected chi connectivity index (χ2v) is 4.61. The maximum Gasteiger partial charge on any atom is 0.416 e. The molecular weight excluding hydrogens is 311 g/mol. The number of ether oxygens (including phenoxy) is 1. The molecule has 0 aromatic heterocycles. The number of hydrogen-bond donors (Lipinski definition) is 1. The van der Waals surface area contributed by atoms with E-state index in [1.165, 1.54) is 18.2 Å². The first-order valence-electron chi connectivity index (χ1n) is 6.53. The van der Waals surface area contributed by atoms with E-state index in [-0.39, 0.29) is 5.69 Å². The number of anilines is 1. The Morgan fingerprint density at radius 3 is 2.57 bits per heavy atom. The van der Waals surface area contributed by atoms with Crippen LogP contribution in [0.2, 0.25) is 0 Å². The molecule has 23 heavy (non-hydrogen) atoms. The maximum atomic E-state index is 12.6. The molecule has 0 heterocycles. The highest BCUT2D eigenvalue weighted by Gasteiger charge is 2.30. The quantitative estimate of drug-likeness (QED) is 0.856. The Bertz CT molecular complexity index is 714. The third kappa shape index (κ3) is 4.84. The molecule has 2 aromatic rings. The second-order valence-electron chi connectivity index (χ2n) is 4.61. The Morgan fingerprint density at radius 2 is 1.87 bits per heavy atom. The van der Waals surface area contributed by atoms with E-state index in [2.05, 4.69) is 5.32 Å². The molecule has 0 unspecified atom stereocenters. The third-order valence-electron chi connectivity index (χ3n) is 2.84. The number of alkyl halides is 3. The van der Waals surface area contributed by atoms with E-state index in [1.807, 2.05) is 0 Å². The van der Waals surface area contributed by atoms with Crippen LogP contribution in [-0.4, -0.2) is 18.8 Å². The summed E-state index contributed by atoms with van der Waals surface area (Å²) in [5, 5.41) is 2.32. The topological polar surface area (TPSA) is 55.4 Å². The first-order chi connectivity index (χ1) is 10.9. The molecule has 2 rings (SSSR count). The third-order valence-corrected chi connectivity index (χ3v) is 2.84. The molecule has 0 aliphatic carbocycles. The van der Waals surface area contributed by atoms with Gasteiger partial charge in [-0.25, -0.2) is 0 Å². The Labute approximate surface area is 129 Å². The van der Waals surface area contributed by atoms with Crippen LogP contribution in [0.1, 0.15) is 15.9 Å². The Hall–Kier alpha value is -2.83. The van der Waals surface area contributed by atoms with Gasteiger partial charge in [0.05, 0.1) is 5.56 Å². The molecule has 0 fully saturated rings. The van der Waals surface area contributed by atoms with Gasteiger partial charge in [0.2, 0.25) is 0 Å². The molecule has 1 amide bonds. The molecular formula is C16H12F3NO3. The summed E-state index contributed by atoms with van der Waals surface area (Å²) in [6.45, 7) is -0.390. The van der Waals surface area contributed by atoms with Gasteiger partial charge in [0.15, 0.2) is 6.61 Å². The summed E-state index contributed by atoms with van der Waals surface area (Å²) >= 11 is 0. The highest BCUT2D eigenvalue weighted by Crippen LogP contribution is 2.30. The lowest BCUT2D eigenvalue weighted by atomic mass is 10.2. The van der Waals surface area contributed by atoms with E-state index in [1.54, 1.807) is 18.2 Å². The summed E-state index contributed by atoms with van der Waals surface area (Å²) < 4.78 is 42.9. The average molecular weight is 323 g/mol. The van der Waals surface area contributed by atoms with Gasteiger partial charge in [0.25, 0.3) is 5.91 Å². The fourth-order valence-electron chi connectivity index (χ4n) is 1.80. The van der Waals surface area contributed by atoms with Gasteiger partial charge in [-0.1, -0.05) is 18.2 Å². The molecule has 0 atom stereocenters. The second kappa shape index (κ2) is 6.95. The summed E-state index contributed by atoms with van der Waals surface area (Å²) in [6.07, 6.45) is -3.85. The Morgan fingerprint density at radius 1 is 1.13 bits per heavy atom. The largest absolute Gasteiger partial charge is 0.484 e. The van der Waals surface area contributed by atoms with E-state index in [9.17, 15) is 22.8 Å². The van der Waals surface area contributed by atoms with E-state index >= 15 is 0 Å². The van der Waals surface area contributed by atoms with Gasteiger partial charge >= 0.3 is 6.18 Å². The first-order valence-corrected chi connectivity index (χ1v) is 6.53. The molecule has 120 valence electrons. The number of hydrogen-bond acceptors (Lipinski definition) is 3. The van der Waals surface area contributed by atoms with E-state index in [4.69, 9.17) is 4.74 Å². The van der Waals surface area contributed by atoms with Gasteiger partial charge in [-0.2, -0.15) is 13.2 Å². The highest BCUT2D eigenvalue weighted by atomic mass is 19.4. The summed E-state index contributed by atoms with van der Waals surface area (Å²) in [7, 11) is 0. The van der Waals surface area contributed by atoms with Crippen molar-refractivity contribution in [2.75, 3.05) is 11.9 Å². The van der Waals surface area contributed by atoms with Gasteiger partial charge in [0.1, 0.15) is 12.0 Å². The van der Waals surface area contributed by atoms with Gasteiger partial charge in [-0.15, -0.1) is 0 Å². The number of aldehydes is 1.